The maximum absolute atomic E-state index is 13.0. The van der Waals surface area contributed by atoms with Crippen molar-refractivity contribution < 1.29 is 23.8 Å². The van der Waals surface area contributed by atoms with Crippen LogP contribution < -0.4 is 9.64 Å². The Morgan fingerprint density at radius 1 is 1.09 bits per heavy atom. The number of amides is 2. The van der Waals surface area contributed by atoms with E-state index in [2.05, 4.69) is 62.5 Å². The van der Waals surface area contributed by atoms with Gasteiger partial charge in [-0.25, -0.2) is 14.6 Å². The van der Waals surface area contributed by atoms with Crippen LogP contribution in [-0.4, -0.2) is 82.0 Å². The summed E-state index contributed by atoms with van der Waals surface area (Å²) in [5, 5.41) is 0. The van der Waals surface area contributed by atoms with Gasteiger partial charge in [0.05, 0.1) is 12.3 Å². The van der Waals surface area contributed by atoms with Crippen molar-refractivity contribution in [3.05, 3.63) is 29.5 Å². The van der Waals surface area contributed by atoms with E-state index >= 15 is 0 Å². The molecule has 0 N–H and O–H groups in total. The quantitative estimate of drug-likeness (QED) is 0.407. The largest absolute Gasteiger partial charge is 0.480 e. The minimum atomic E-state index is -0.594. The minimum Gasteiger partial charge on any atom is -0.480 e. The number of imidazole rings is 1. The number of benzene rings is 1. The SMILES string of the molecule is Cc1ccc2c(c1)OC1(CCN(C(=O)OCC3CC3)CC1)c1c-2nc(N(C)C2CCN(C(=O)OC(C)(C)C)C(C)(C)C2)n1C. The van der Waals surface area contributed by atoms with Gasteiger partial charge in [0, 0.05) is 63.7 Å². The van der Waals surface area contributed by atoms with Gasteiger partial charge in [-0.3, -0.25) is 0 Å². The van der Waals surface area contributed by atoms with Crippen LogP contribution in [0.2, 0.25) is 0 Å². The molecule has 1 spiro atoms. The molecule has 1 unspecified atom stereocenters. The molecular formula is C34H49N5O5. The molecule has 1 saturated carbocycles. The van der Waals surface area contributed by atoms with Gasteiger partial charge < -0.3 is 33.5 Å². The van der Waals surface area contributed by atoms with Crippen LogP contribution in [0.25, 0.3) is 11.3 Å². The summed E-state index contributed by atoms with van der Waals surface area (Å²) in [5.74, 6) is 2.27. The number of rotatable bonds is 4. The molecule has 44 heavy (non-hydrogen) atoms. The topological polar surface area (TPSA) is 89.4 Å². The van der Waals surface area contributed by atoms with Crippen LogP contribution in [0.15, 0.2) is 18.2 Å². The van der Waals surface area contributed by atoms with Crippen LogP contribution in [0.3, 0.4) is 0 Å². The molecule has 10 heteroatoms. The summed E-state index contributed by atoms with van der Waals surface area (Å²) in [6.45, 7) is 14.3. The predicted octanol–water partition coefficient (Wildman–Crippen LogP) is 6.24. The third-order valence-electron chi connectivity index (χ3n) is 9.80. The predicted molar refractivity (Wildman–Crippen MR) is 169 cm³/mol. The Morgan fingerprint density at radius 2 is 1.80 bits per heavy atom. The number of aryl methyl sites for hydroxylation is 1. The van der Waals surface area contributed by atoms with E-state index in [1.54, 1.807) is 0 Å². The van der Waals surface area contributed by atoms with E-state index in [-0.39, 0.29) is 23.8 Å². The lowest BCUT2D eigenvalue weighted by Gasteiger charge is -2.47. The normalized spacial score (nSPS) is 22.1. The second-order valence-corrected chi connectivity index (χ2v) is 15.0. The molecule has 1 aromatic heterocycles. The monoisotopic (exact) mass is 607 g/mol. The number of anilines is 1. The maximum atomic E-state index is 13.0. The van der Waals surface area contributed by atoms with E-state index in [9.17, 15) is 9.59 Å². The van der Waals surface area contributed by atoms with E-state index in [0.29, 0.717) is 45.0 Å². The van der Waals surface area contributed by atoms with Gasteiger partial charge in [-0.1, -0.05) is 6.07 Å². The molecule has 2 aromatic rings. The fourth-order valence-corrected chi connectivity index (χ4v) is 7.15. The molecule has 4 aliphatic rings. The van der Waals surface area contributed by atoms with E-state index < -0.39 is 11.2 Å². The highest BCUT2D eigenvalue weighted by molar-refractivity contribution is 5.75. The molecule has 0 bridgehead atoms. The lowest BCUT2D eigenvalue weighted by Crippen LogP contribution is -2.58. The van der Waals surface area contributed by atoms with Crippen LogP contribution in [0, 0.1) is 12.8 Å². The molecular weight excluding hydrogens is 558 g/mol. The van der Waals surface area contributed by atoms with Crippen molar-refractivity contribution in [2.45, 2.75) is 103 Å². The number of carbonyl (C=O) groups excluding carboxylic acids is 2. The first-order valence-electron chi connectivity index (χ1n) is 16.2. The number of nitrogens with zero attached hydrogens (tertiary/aromatic N) is 5. The summed E-state index contributed by atoms with van der Waals surface area (Å²) in [7, 11) is 4.19. The number of hydrogen-bond acceptors (Lipinski definition) is 7. The highest BCUT2D eigenvalue weighted by atomic mass is 16.6. The average molecular weight is 608 g/mol. The summed E-state index contributed by atoms with van der Waals surface area (Å²) < 4.78 is 20.5. The van der Waals surface area contributed by atoms with Crippen molar-refractivity contribution in [1.29, 1.82) is 0 Å². The number of aromatic nitrogens is 2. The van der Waals surface area contributed by atoms with Crippen LogP contribution in [0.1, 0.15) is 84.4 Å². The summed E-state index contributed by atoms with van der Waals surface area (Å²) in [5.41, 5.74) is 2.64. The highest BCUT2D eigenvalue weighted by Crippen LogP contribution is 2.51. The van der Waals surface area contributed by atoms with Gasteiger partial charge >= 0.3 is 12.2 Å². The van der Waals surface area contributed by atoms with Crippen molar-refractivity contribution in [2.24, 2.45) is 13.0 Å². The Morgan fingerprint density at radius 3 is 2.43 bits per heavy atom. The van der Waals surface area contributed by atoms with Gasteiger partial charge in [0.15, 0.2) is 5.60 Å². The fourth-order valence-electron chi connectivity index (χ4n) is 7.15. The highest BCUT2D eigenvalue weighted by Gasteiger charge is 2.49. The Bertz CT molecular complexity index is 1430. The summed E-state index contributed by atoms with van der Waals surface area (Å²) in [4.78, 5) is 37.1. The van der Waals surface area contributed by atoms with Gasteiger partial charge in [-0.15, -0.1) is 0 Å². The molecule has 6 rings (SSSR count). The fraction of sp³-hybridized carbons (Fsp3) is 0.676. The molecule has 1 aromatic carbocycles. The third-order valence-corrected chi connectivity index (χ3v) is 9.80. The summed E-state index contributed by atoms with van der Waals surface area (Å²) >= 11 is 0. The van der Waals surface area contributed by atoms with E-state index in [0.717, 1.165) is 59.9 Å². The van der Waals surface area contributed by atoms with Crippen molar-refractivity contribution in [1.82, 2.24) is 19.4 Å². The third kappa shape index (κ3) is 5.72. The number of piperidine rings is 2. The maximum Gasteiger partial charge on any atom is 0.410 e. The zero-order valence-corrected chi connectivity index (χ0v) is 27.7. The van der Waals surface area contributed by atoms with Crippen molar-refractivity contribution in [3.8, 4) is 17.0 Å². The minimum absolute atomic E-state index is 0.184. The Hall–Kier alpha value is -3.43. The van der Waals surface area contributed by atoms with Crippen molar-refractivity contribution >= 4 is 18.1 Å². The first kappa shape index (κ1) is 30.6. The lowest BCUT2D eigenvalue weighted by molar-refractivity contribution is -0.0118. The van der Waals surface area contributed by atoms with Crippen LogP contribution in [-0.2, 0) is 22.1 Å². The summed E-state index contributed by atoms with van der Waals surface area (Å²) in [6.07, 6.45) is 4.76. The molecule has 10 nitrogen and oxygen atoms in total. The summed E-state index contributed by atoms with van der Waals surface area (Å²) in [6, 6.07) is 6.50. The average Bonchev–Trinajstić information content (AvgIpc) is 3.70. The number of likely N-dealkylation sites (tertiary alicyclic amines) is 2. The lowest BCUT2D eigenvalue weighted by atomic mass is 9.83. The van der Waals surface area contributed by atoms with Gasteiger partial charge in [-0.2, -0.15) is 0 Å². The van der Waals surface area contributed by atoms with Gasteiger partial charge in [0.2, 0.25) is 5.95 Å². The second kappa shape index (κ2) is 10.9. The first-order valence-corrected chi connectivity index (χ1v) is 16.2. The van der Waals surface area contributed by atoms with Crippen LogP contribution in [0.4, 0.5) is 15.5 Å². The second-order valence-electron chi connectivity index (χ2n) is 15.0. The van der Waals surface area contributed by atoms with Crippen LogP contribution in [0.5, 0.6) is 5.75 Å². The number of carbonyl (C=O) groups is 2. The standard InChI is InChI=1S/C34H49N5O5/c1-22-9-12-25-26(19-22)43-34(14-17-38(18-15-34)30(40)42-21-23-10-11-23)28-27(25)35-29(37(28)8)36(7)24-13-16-39(33(5,6)20-24)31(41)44-32(2,3)4/h9,12,19,23-24H,10-11,13-18,20-21H2,1-8H3. The van der Waals surface area contributed by atoms with Gasteiger partial charge in [0.1, 0.15) is 17.0 Å². The van der Waals surface area contributed by atoms with Gasteiger partial charge in [0.25, 0.3) is 0 Å². The molecule has 240 valence electrons. The Labute approximate surface area is 261 Å². The molecule has 3 aliphatic heterocycles. The van der Waals surface area contributed by atoms with Gasteiger partial charge in [-0.05, 0) is 90.8 Å². The molecule has 0 radical (unpaired) electrons. The Balaban J connectivity index is 1.26. The molecule has 4 heterocycles. The van der Waals surface area contributed by atoms with E-state index in [4.69, 9.17) is 19.2 Å². The number of fused-ring (bicyclic) bond motifs is 4. The zero-order valence-electron chi connectivity index (χ0n) is 27.7. The van der Waals surface area contributed by atoms with Crippen LogP contribution >= 0.6 is 0 Å². The van der Waals surface area contributed by atoms with Crippen molar-refractivity contribution in [3.63, 3.8) is 0 Å². The van der Waals surface area contributed by atoms with Crippen molar-refractivity contribution in [2.75, 3.05) is 38.2 Å². The number of ether oxygens (including phenoxy) is 3. The van der Waals surface area contributed by atoms with E-state index in [1.807, 2.05) is 30.6 Å². The molecule has 3 fully saturated rings. The zero-order chi connectivity index (χ0) is 31.6. The molecule has 1 atom stereocenters. The first-order chi connectivity index (χ1) is 20.7. The number of hydrogen-bond donors (Lipinski definition) is 0. The molecule has 2 saturated heterocycles. The Kier molecular flexibility index (Phi) is 7.56. The molecule has 1 aliphatic carbocycles. The smallest absolute Gasteiger partial charge is 0.410 e. The van der Waals surface area contributed by atoms with E-state index in [1.165, 1.54) is 0 Å². The molecule has 2 amide bonds.